The van der Waals surface area contributed by atoms with Gasteiger partial charge in [-0.25, -0.2) is 0 Å². The van der Waals surface area contributed by atoms with Crippen LogP contribution in [0.15, 0.2) is 0 Å². The lowest BCUT2D eigenvalue weighted by molar-refractivity contribution is 0.207. The van der Waals surface area contributed by atoms with E-state index in [0.29, 0.717) is 0 Å². The van der Waals surface area contributed by atoms with Gasteiger partial charge in [0.25, 0.3) is 0 Å². The fourth-order valence-electron chi connectivity index (χ4n) is 0.514. The van der Waals surface area contributed by atoms with Crippen molar-refractivity contribution < 1.29 is 5.11 Å². The molecule has 8 heavy (non-hydrogen) atoms. The molecule has 0 saturated heterocycles. The van der Waals surface area contributed by atoms with E-state index < -0.39 is 0 Å². The van der Waals surface area contributed by atoms with E-state index in [2.05, 4.69) is 12.2 Å². The quantitative estimate of drug-likeness (QED) is 0.513. The van der Waals surface area contributed by atoms with Gasteiger partial charge in [-0.2, -0.15) is 0 Å². The minimum absolute atomic E-state index is 0.386. The van der Waals surface area contributed by atoms with E-state index in [4.69, 9.17) is 5.11 Å². The lowest BCUT2D eigenvalue weighted by Gasteiger charge is -2.00. The average Bonchev–Trinajstić information content (AvgIpc) is 1.66. The molecule has 0 aromatic carbocycles. The molecule has 0 aliphatic heterocycles. The Morgan fingerprint density at radius 2 is 2.38 bits per heavy atom. The molecule has 0 aliphatic rings. The van der Waals surface area contributed by atoms with Crippen molar-refractivity contribution in [2.24, 2.45) is 0 Å². The number of rotatable bonds is 4. The maximum atomic E-state index is 8.64. The molecule has 0 heterocycles. The van der Waals surface area contributed by atoms with Crippen molar-refractivity contribution in [3.63, 3.8) is 0 Å². The van der Waals surface area contributed by atoms with Crippen LogP contribution in [0.2, 0.25) is 0 Å². The maximum absolute atomic E-state index is 8.64. The van der Waals surface area contributed by atoms with Crippen molar-refractivity contribution in [3.8, 4) is 0 Å². The highest BCUT2D eigenvalue weighted by Crippen LogP contribution is 1.91. The molecule has 1 atom stereocenters. The van der Waals surface area contributed by atoms with E-state index in [1.54, 1.807) is 0 Å². The summed E-state index contributed by atoms with van der Waals surface area (Å²) in [6.07, 6.45) is 1.41. The summed E-state index contributed by atoms with van der Waals surface area (Å²) in [6, 6.07) is 0. The van der Waals surface area contributed by atoms with Gasteiger partial charge in [0.15, 0.2) is 0 Å². The first-order chi connectivity index (χ1) is 3.77. The fraction of sp³-hybridized carbons (Fsp3) is 0.833. The standard InChI is InChI=1S/C6H14NO/c1-6(8)4-3-5-7-2/h6-8H,1,3-5H2,2H3. The van der Waals surface area contributed by atoms with Crippen molar-refractivity contribution in [1.29, 1.82) is 0 Å². The topological polar surface area (TPSA) is 32.3 Å². The summed E-state index contributed by atoms with van der Waals surface area (Å²) in [6.45, 7) is 4.40. The molecule has 0 aliphatic carbocycles. The lowest BCUT2D eigenvalue weighted by Crippen LogP contribution is -2.10. The van der Waals surface area contributed by atoms with Crippen molar-refractivity contribution in [1.82, 2.24) is 5.32 Å². The summed E-state index contributed by atoms with van der Waals surface area (Å²) in [4.78, 5) is 0. The van der Waals surface area contributed by atoms with Gasteiger partial charge in [-0.1, -0.05) is 0 Å². The highest BCUT2D eigenvalue weighted by molar-refractivity contribution is 4.56. The fourth-order valence-corrected chi connectivity index (χ4v) is 0.514. The van der Waals surface area contributed by atoms with Gasteiger partial charge in [-0.05, 0) is 33.4 Å². The second-order valence-electron chi connectivity index (χ2n) is 1.90. The summed E-state index contributed by atoms with van der Waals surface area (Å²) in [5, 5.41) is 11.6. The molecule has 1 radical (unpaired) electrons. The maximum Gasteiger partial charge on any atom is 0.0541 e. The molecule has 0 saturated carbocycles. The van der Waals surface area contributed by atoms with Crippen LogP contribution in [0.1, 0.15) is 12.8 Å². The van der Waals surface area contributed by atoms with Crippen molar-refractivity contribution in [3.05, 3.63) is 6.92 Å². The van der Waals surface area contributed by atoms with Crippen LogP contribution in [0.5, 0.6) is 0 Å². The lowest BCUT2D eigenvalue weighted by atomic mass is 10.2. The first-order valence-corrected chi connectivity index (χ1v) is 2.93. The summed E-state index contributed by atoms with van der Waals surface area (Å²) in [5.41, 5.74) is 0. The van der Waals surface area contributed by atoms with E-state index in [9.17, 15) is 0 Å². The number of nitrogens with one attached hydrogen (secondary N) is 1. The van der Waals surface area contributed by atoms with Gasteiger partial charge in [0.05, 0.1) is 6.10 Å². The van der Waals surface area contributed by atoms with E-state index in [1.807, 2.05) is 7.05 Å². The third kappa shape index (κ3) is 5.92. The van der Waals surface area contributed by atoms with E-state index in [0.717, 1.165) is 19.4 Å². The predicted octanol–water partition coefficient (Wildman–Crippen LogP) is 0.181. The highest BCUT2D eigenvalue weighted by atomic mass is 16.3. The van der Waals surface area contributed by atoms with Crippen LogP contribution in [0, 0.1) is 6.92 Å². The Kier molecular flexibility index (Phi) is 5.01. The summed E-state index contributed by atoms with van der Waals surface area (Å²) in [5.74, 6) is 0. The SMILES string of the molecule is [CH2]C(O)CCCNC. The molecule has 1 unspecified atom stereocenters. The van der Waals surface area contributed by atoms with Crippen LogP contribution in [-0.2, 0) is 0 Å². The Morgan fingerprint density at radius 3 is 2.75 bits per heavy atom. The molecule has 0 bridgehead atoms. The molecule has 0 aromatic heterocycles. The normalized spacial score (nSPS) is 13.9. The third-order valence-corrected chi connectivity index (χ3v) is 0.964. The highest BCUT2D eigenvalue weighted by Gasteiger charge is 1.91. The predicted molar refractivity (Wildman–Crippen MR) is 34.5 cm³/mol. The molecular weight excluding hydrogens is 102 g/mol. The van der Waals surface area contributed by atoms with Crippen LogP contribution in [-0.4, -0.2) is 24.8 Å². The average molecular weight is 116 g/mol. The van der Waals surface area contributed by atoms with Crippen LogP contribution < -0.4 is 5.32 Å². The summed E-state index contributed by atoms with van der Waals surface area (Å²) in [7, 11) is 1.90. The minimum atomic E-state index is -0.386. The van der Waals surface area contributed by atoms with Crippen molar-refractivity contribution in [2.45, 2.75) is 18.9 Å². The molecular formula is C6H14NO. The Balaban J connectivity index is 2.72. The van der Waals surface area contributed by atoms with E-state index in [-0.39, 0.29) is 6.10 Å². The molecule has 0 fully saturated rings. The molecule has 0 amide bonds. The third-order valence-electron chi connectivity index (χ3n) is 0.964. The molecule has 0 spiro atoms. The summed E-state index contributed by atoms with van der Waals surface area (Å²) >= 11 is 0. The molecule has 0 aromatic rings. The van der Waals surface area contributed by atoms with Gasteiger partial charge in [0.2, 0.25) is 0 Å². The smallest absolute Gasteiger partial charge is 0.0541 e. The zero-order valence-corrected chi connectivity index (χ0v) is 5.35. The number of hydrogen-bond donors (Lipinski definition) is 2. The molecule has 49 valence electrons. The molecule has 0 rings (SSSR count). The Hall–Kier alpha value is -0.0800. The largest absolute Gasteiger partial charge is 0.393 e. The first-order valence-electron chi connectivity index (χ1n) is 2.93. The summed E-state index contributed by atoms with van der Waals surface area (Å²) < 4.78 is 0. The number of aliphatic hydroxyl groups is 1. The van der Waals surface area contributed by atoms with Crippen molar-refractivity contribution >= 4 is 0 Å². The number of hydrogen-bond acceptors (Lipinski definition) is 2. The van der Waals surface area contributed by atoms with Crippen LogP contribution in [0.25, 0.3) is 0 Å². The van der Waals surface area contributed by atoms with Gasteiger partial charge in [0.1, 0.15) is 0 Å². The minimum Gasteiger partial charge on any atom is -0.393 e. The van der Waals surface area contributed by atoms with E-state index in [1.165, 1.54) is 0 Å². The van der Waals surface area contributed by atoms with E-state index >= 15 is 0 Å². The van der Waals surface area contributed by atoms with Gasteiger partial charge in [-0.15, -0.1) is 0 Å². The van der Waals surface area contributed by atoms with Gasteiger partial charge in [-0.3, -0.25) is 0 Å². The molecule has 2 N–H and O–H groups in total. The van der Waals surface area contributed by atoms with Crippen molar-refractivity contribution in [2.75, 3.05) is 13.6 Å². The van der Waals surface area contributed by atoms with Gasteiger partial charge >= 0.3 is 0 Å². The van der Waals surface area contributed by atoms with Crippen LogP contribution >= 0.6 is 0 Å². The van der Waals surface area contributed by atoms with Gasteiger partial charge in [0, 0.05) is 0 Å². The van der Waals surface area contributed by atoms with Crippen LogP contribution in [0.4, 0.5) is 0 Å². The zero-order valence-electron chi connectivity index (χ0n) is 5.35. The Bertz CT molecular complexity index is 45.8. The number of aliphatic hydroxyl groups excluding tert-OH is 1. The zero-order chi connectivity index (χ0) is 6.41. The Morgan fingerprint density at radius 1 is 1.75 bits per heavy atom. The first kappa shape index (κ1) is 7.92. The molecule has 2 heteroatoms. The molecule has 2 nitrogen and oxygen atoms in total. The van der Waals surface area contributed by atoms with Gasteiger partial charge < -0.3 is 10.4 Å². The second-order valence-corrected chi connectivity index (χ2v) is 1.90. The van der Waals surface area contributed by atoms with Crippen LogP contribution in [0.3, 0.4) is 0 Å². The monoisotopic (exact) mass is 116 g/mol. The Labute approximate surface area is 50.9 Å². The second kappa shape index (κ2) is 5.06.